The van der Waals surface area contributed by atoms with Gasteiger partial charge in [-0.3, -0.25) is 18.5 Å². The maximum atomic E-state index is 13.2. The van der Waals surface area contributed by atoms with Crippen LogP contribution in [0.5, 0.6) is 11.5 Å². The summed E-state index contributed by atoms with van der Waals surface area (Å²) in [6, 6.07) is 21.0. The topological polar surface area (TPSA) is 283 Å². The van der Waals surface area contributed by atoms with Crippen molar-refractivity contribution in [1.82, 2.24) is 0 Å². The highest BCUT2D eigenvalue weighted by Crippen LogP contribution is 2.37. The number of rotatable bonds is 10. The van der Waals surface area contributed by atoms with Gasteiger partial charge in [0.15, 0.2) is 0 Å². The van der Waals surface area contributed by atoms with E-state index in [2.05, 4.69) is 20.1 Å². The van der Waals surface area contributed by atoms with Crippen LogP contribution in [0.4, 0.5) is 27.5 Å². The summed E-state index contributed by atoms with van der Waals surface area (Å²) in [4.78, 5) is 11.1. The van der Waals surface area contributed by atoms with E-state index in [9.17, 15) is 57.8 Å². The molecule has 0 saturated carbocycles. The molecule has 0 aliphatic heterocycles. The van der Waals surface area contributed by atoms with Gasteiger partial charge < -0.3 is 20.8 Å². The van der Waals surface area contributed by atoms with E-state index in [0.717, 1.165) is 48.5 Å². The molecule has 0 heterocycles. The minimum absolute atomic E-state index is 0.00784. The lowest BCUT2D eigenvalue weighted by Crippen LogP contribution is -2.20. The molecule has 280 valence electrons. The van der Waals surface area contributed by atoms with Crippen molar-refractivity contribution in [3.8, 4) is 11.5 Å². The largest absolute Gasteiger partial charge is 0.506 e. The van der Waals surface area contributed by atoms with Crippen LogP contribution in [0.3, 0.4) is 0 Å². The predicted molar refractivity (Wildman–Crippen MR) is 198 cm³/mol. The van der Waals surface area contributed by atoms with Crippen molar-refractivity contribution >= 4 is 90.6 Å². The van der Waals surface area contributed by atoms with Gasteiger partial charge in [-0.25, -0.2) is 21.6 Å². The molecule has 54 heavy (non-hydrogen) atoms. The molecule has 0 spiro atoms. The van der Waals surface area contributed by atoms with Crippen molar-refractivity contribution in [2.24, 2.45) is 0 Å². The Balaban J connectivity index is 1.13. The van der Waals surface area contributed by atoms with Crippen molar-refractivity contribution < 1.29 is 57.8 Å². The van der Waals surface area contributed by atoms with Gasteiger partial charge in [-0.15, -0.1) is 0 Å². The molecular weight excluding hydrogens is 789 g/mol. The van der Waals surface area contributed by atoms with E-state index in [0.29, 0.717) is 10.8 Å². The molecule has 0 atom stereocenters. The van der Waals surface area contributed by atoms with Crippen LogP contribution in [0.2, 0.25) is 0 Å². The first kappa shape index (κ1) is 37.8. The second kappa shape index (κ2) is 13.8. The summed E-state index contributed by atoms with van der Waals surface area (Å²) in [5, 5.41) is 26.5. The number of hydrogen-bond donors (Lipinski definition) is 8. The Morgan fingerprint density at radius 1 is 0.444 bits per heavy atom. The summed E-state index contributed by atoms with van der Waals surface area (Å²) in [7, 11) is -18.0. The lowest BCUT2D eigenvalue weighted by Gasteiger charge is -2.14. The van der Waals surface area contributed by atoms with E-state index in [4.69, 9.17) is 0 Å². The molecule has 17 nitrogen and oxygen atoms in total. The Morgan fingerprint density at radius 2 is 0.759 bits per heavy atom. The maximum Gasteiger partial charge on any atom is 0.323 e. The molecule has 6 aromatic rings. The fourth-order valence-corrected chi connectivity index (χ4v) is 8.43. The fraction of sp³-hybridized carbons (Fsp3) is 0. The molecule has 0 aromatic heterocycles. The van der Waals surface area contributed by atoms with Crippen LogP contribution in [0.25, 0.3) is 21.5 Å². The van der Waals surface area contributed by atoms with E-state index in [1.165, 1.54) is 60.7 Å². The van der Waals surface area contributed by atoms with Crippen LogP contribution in [0.1, 0.15) is 0 Å². The Kier molecular flexibility index (Phi) is 9.64. The summed E-state index contributed by atoms with van der Waals surface area (Å²) in [5.41, 5.74) is -0.384. The highest BCUT2D eigenvalue weighted by atomic mass is 32.2. The van der Waals surface area contributed by atoms with Crippen molar-refractivity contribution in [3.63, 3.8) is 0 Å². The van der Waals surface area contributed by atoms with Gasteiger partial charge in [0, 0.05) is 22.1 Å². The second-order valence-corrected chi connectivity index (χ2v) is 17.7. The molecule has 6 aromatic carbocycles. The lowest BCUT2D eigenvalue weighted by atomic mass is 10.1. The number of nitrogens with one attached hydrogen (secondary N) is 4. The molecular formula is C33H26N4O13S4. The quantitative estimate of drug-likeness (QED) is 0.0657. The highest BCUT2D eigenvalue weighted by Gasteiger charge is 2.22. The zero-order valence-electron chi connectivity index (χ0n) is 27.0. The lowest BCUT2D eigenvalue weighted by molar-refractivity contribution is 0.262. The maximum absolute atomic E-state index is 13.2. The van der Waals surface area contributed by atoms with Crippen molar-refractivity contribution in [1.29, 1.82) is 0 Å². The van der Waals surface area contributed by atoms with E-state index >= 15 is 0 Å². The summed E-state index contributed by atoms with van der Waals surface area (Å²) < 4.78 is 123. The third-order valence-corrected chi connectivity index (χ3v) is 12.3. The minimum atomic E-state index is -4.64. The Labute approximate surface area is 307 Å². The monoisotopic (exact) mass is 814 g/mol. The van der Waals surface area contributed by atoms with E-state index in [1.54, 1.807) is 0 Å². The second-order valence-electron chi connectivity index (χ2n) is 11.5. The van der Waals surface area contributed by atoms with Crippen LogP contribution in [0, 0.1) is 0 Å². The fourth-order valence-electron chi connectivity index (χ4n) is 5.22. The van der Waals surface area contributed by atoms with Gasteiger partial charge in [-0.05, 0) is 95.7 Å². The van der Waals surface area contributed by atoms with Gasteiger partial charge >= 0.3 is 6.03 Å². The van der Waals surface area contributed by atoms with Crippen LogP contribution < -0.4 is 20.1 Å². The molecule has 2 amide bonds. The summed E-state index contributed by atoms with van der Waals surface area (Å²) in [5.74, 6) is -1.03. The average Bonchev–Trinajstić information content (AvgIpc) is 3.10. The van der Waals surface area contributed by atoms with Gasteiger partial charge in [0.05, 0.1) is 31.0 Å². The van der Waals surface area contributed by atoms with Gasteiger partial charge in [0.1, 0.15) is 11.5 Å². The number of sulfonamides is 2. The standard InChI is InChI=1S/C33H26N4O13S4/c38-29-15-3-19-1-9-25(53(45,46)47)17-27(19)31(29)36-51(41,42)23-11-5-21(6-12-23)34-33(40)35-22-7-13-24(14-8-22)52(43,44)37-32-28-18-26(54(48,49)50)10-2-20(28)4-16-30(32)39/h1-18,36-39H,(H2,34,35,40)(H,45,46,47)(H,48,49,50). The zero-order chi connectivity index (χ0) is 39.2. The first-order chi connectivity index (χ1) is 25.2. The molecule has 6 rings (SSSR count). The summed E-state index contributed by atoms with van der Waals surface area (Å²) in [6.07, 6.45) is 0. The predicted octanol–water partition coefficient (Wildman–Crippen LogP) is 5.14. The van der Waals surface area contributed by atoms with Gasteiger partial charge in [-0.2, -0.15) is 16.8 Å². The highest BCUT2D eigenvalue weighted by molar-refractivity contribution is 7.93. The summed E-state index contributed by atoms with van der Waals surface area (Å²) in [6.45, 7) is 0. The number of aromatic hydroxyl groups is 2. The molecule has 0 saturated heterocycles. The van der Waals surface area contributed by atoms with Crippen LogP contribution >= 0.6 is 0 Å². The number of amides is 2. The zero-order valence-corrected chi connectivity index (χ0v) is 30.3. The normalized spacial score (nSPS) is 12.3. The van der Waals surface area contributed by atoms with Crippen LogP contribution in [0.15, 0.2) is 129 Å². The van der Waals surface area contributed by atoms with Crippen molar-refractivity contribution in [2.45, 2.75) is 19.6 Å². The van der Waals surface area contributed by atoms with Crippen LogP contribution in [-0.4, -0.2) is 59.0 Å². The van der Waals surface area contributed by atoms with E-state index in [-0.39, 0.29) is 43.3 Å². The number of phenolic OH excluding ortho intramolecular Hbond substituents is 2. The molecule has 0 fully saturated rings. The van der Waals surface area contributed by atoms with Crippen molar-refractivity contribution in [3.05, 3.63) is 109 Å². The molecule has 0 aliphatic carbocycles. The van der Waals surface area contributed by atoms with Gasteiger partial charge in [0.2, 0.25) is 0 Å². The Morgan fingerprint density at radius 3 is 1.09 bits per heavy atom. The number of anilines is 4. The Hall–Kier alpha value is -5.97. The average molecular weight is 815 g/mol. The van der Waals surface area contributed by atoms with Crippen LogP contribution in [-0.2, 0) is 40.3 Å². The minimum Gasteiger partial charge on any atom is -0.506 e. The smallest absolute Gasteiger partial charge is 0.323 e. The third-order valence-electron chi connectivity index (χ3n) is 7.86. The number of urea groups is 1. The van der Waals surface area contributed by atoms with Gasteiger partial charge in [-0.1, -0.05) is 24.3 Å². The molecule has 0 aliphatic rings. The number of hydrogen-bond acceptors (Lipinski definition) is 11. The molecule has 0 unspecified atom stereocenters. The Bertz CT molecular complexity index is 2740. The SMILES string of the molecule is O=C(Nc1ccc(S(=O)(=O)Nc2c(O)ccc3ccc(S(=O)(=O)O)cc23)cc1)Nc1ccc(S(=O)(=O)Nc2c(O)ccc3ccc(S(=O)(=O)O)cc23)cc1. The first-order valence-corrected chi connectivity index (χ1v) is 20.9. The number of benzene rings is 6. The van der Waals surface area contributed by atoms with E-state index < -0.39 is 67.6 Å². The van der Waals surface area contributed by atoms with E-state index in [1.807, 2.05) is 0 Å². The number of carbonyl (C=O) groups is 1. The number of carbonyl (C=O) groups excluding carboxylic acids is 1. The summed E-state index contributed by atoms with van der Waals surface area (Å²) >= 11 is 0. The third kappa shape index (κ3) is 8.00. The van der Waals surface area contributed by atoms with Crippen molar-refractivity contribution in [2.75, 3.05) is 20.1 Å². The molecule has 8 N–H and O–H groups in total. The molecule has 0 bridgehead atoms. The van der Waals surface area contributed by atoms with Gasteiger partial charge in [0.25, 0.3) is 40.3 Å². The first-order valence-electron chi connectivity index (χ1n) is 15.0. The molecule has 21 heteroatoms. The number of fused-ring (bicyclic) bond motifs is 2. The molecule has 0 radical (unpaired) electrons. The number of phenols is 2.